The van der Waals surface area contributed by atoms with E-state index in [1.54, 1.807) is 13.8 Å². The first-order valence-corrected chi connectivity index (χ1v) is 10.3. The highest BCUT2D eigenvalue weighted by molar-refractivity contribution is 8.14. The fourth-order valence-corrected chi connectivity index (χ4v) is 5.02. The number of rotatable bonds is 5. The second kappa shape index (κ2) is 7.81. The van der Waals surface area contributed by atoms with Crippen LogP contribution in [0, 0.1) is 36.8 Å². The number of anilines is 1. The van der Waals surface area contributed by atoms with Crippen LogP contribution in [-0.2, 0) is 5.54 Å². The van der Waals surface area contributed by atoms with Crippen LogP contribution in [0.2, 0.25) is 0 Å². The van der Waals surface area contributed by atoms with Crippen LogP contribution in [-0.4, -0.2) is 32.9 Å². The molecule has 1 aromatic carbocycles. The van der Waals surface area contributed by atoms with Gasteiger partial charge in [0.2, 0.25) is 5.88 Å². The number of carbonyl (C=O) groups is 1. The van der Waals surface area contributed by atoms with Gasteiger partial charge in [0.15, 0.2) is 23.4 Å². The molecule has 2 aromatic rings. The maximum absolute atomic E-state index is 14.7. The number of ether oxygens (including phenoxy) is 1. The van der Waals surface area contributed by atoms with Gasteiger partial charge in [-0.2, -0.15) is 0 Å². The number of nitrogens with one attached hydrogen (secondary N) is 1. The Morgan fingerprint density at radius 3 is 2.97 bits per heavy atom. The zero-order valence-corrected chi connectivity index (χ0v) is 17.6. The summed E-state index contributed by atoms with van der Waals surface area (Å²) >= 11 is 1.45. The van der Waals surface area contributed by atoms with Crippen molar-refractivity contribution < 1.29 is 18.3 Å². The van der Waals surface area contributed by atoms with E-state index in [9.17, 15) is 13.6 Å². The molecule has 1 aliphatic heterocycles. The Morgan fingerprint density at radius 2 is 2.26 bits per heavy atom. The van der Waals surface area contributed by atoms with Crippen LogP contribution in [0.4, 0.5) is 14.5 Å². The zero-order chi connectivity index (χ0) is 22.3. The fourth-order valence-electron chi connectivity index (χ4n) is 3.73. The molecule has 1 saturated carbocycles. The van der Waals surface area contributed by atoms with Gasteiger partial charge < -0.3 is 15.8 Å². The van der Waals surface area contributed by atoms with E-state index in [1.165, 1.54) is 24.0 Å². The number of aryl methyl sites for hydroxylation is 1. The maximum atomic E-state index is 14.7. The highest BCUT2D eigenvalue weighted by Crippen LogP contribution is 2.57. The van der Waals surface area contributed by atoms with E-state index in [4.69, 9.17) is 16.9 Å². The number of nitrogens with zero attached hydrogens (tertiary/aromatic N) is 3. The number of nitrogens with two attached hydrogens (primary N) is 1. The minimum absolute atomic E-state index is 0.0173. The number of amides is 1. The molecule has 7 nitrogen and oxygen atoms in total. The lowest BCUT2D eigenvalue weighted by Crippen LogP contribution is -2.32. The summed E-state index contributed by atoms with van der Waals surface area (Å²) in [4.78, 5) is 25.3. The Labute approximate surface area is 181 Å². The third-order valence-electron chi connectivity index (χ3n) is 5.34. The number of amidine groups is 1. The molecule has 4 rings (SSSR count). The Morgan fingerprint density at radius 1 is 1.48 bits per heavy atom. The molecule has 1 aromatic heterocycles. The van der Waals surface area contributed by atoms with E-state index in [-0.39, 0.29) is 40.6 Å². The van der Waals surface area contributed by atoms with Gasteiger partial charge in [0.25, 0.3) is 5.91 Å². The molecule has 31 heavy (non-hydrogen) atoms. The van der Waals surface area contributed by atoms with Crippen LogP contribution in [0.5, 0.6) is 5.88 Å². The Kier molecular flexibility index (Phi) is 5.31. The predicted octanol–water partition coefficient (Wildman–Crippen LogP) is 2.99. The predicted molar refractivity (Wildman–Crippen MR) is 114 cm³/mol. The largest absolute Gasteiger partial charge is 0.463 e. The summed E-state index contributed by atoms with van der Waals surface area (Å²) in [5.74, 6) is -0.171. The number of fused-ring (bicyclic) bond motifs is 1. The van der Waals surface area contributed by atoms with Crippen molar-refractivity contribution in [2.75, 3.05) is 11.9 Å². The highest BCUT2D eigenvalue weighted by Gasteiger charge is 2.56. The molecule has 1 unspecified atom stereocenters. The van der Waals surface area contributed by atoms with E-state index in [2.05, 4.69) is 26.2 Å². The number of terminal acetylenes is 1. The molecule has 3 N–H and O–H groups in total. The number of hydrogen-bond donors (Lipinski definition) is 2. The van der Waals surface area contributed by atoms with Crippen molar-refractivity contribution in [3.63, 3.8) is 0 Å². The quantitative estimate of drug-likeness (QED) is 0.689. The van der Waals surface area contributed by atoms with Gasteiger partial charge in [-0.25, -0.2) is 18.7 Å². The summed E-state index contributed by atoms with van der Waals surface area (Å²) < 4.78 is 34.4. The average Bonchev–Trinajstić information content (AvgIpc) is 3.49. The van der Waals surface area contributed by atoms with Crippen molar-refractivity contribution in [1.29, 1.82) is 0 Å². The number of aliphatic imine (C=N–C) groups is 1. The molecule has 0 bridgehead atoms. The molecule has 0 saturated heterocycles. The second-order valence-electron chi connectivity index (χ2n) is 7.50. The number of thioether (sulfide) groups is 1. The average molecular weight is 443 g/mol. The number of aromatic nitrogens is 2. The lowest BCUT2D eigenvalue weighted by Gasteiger charge is -2.30. The molecular formula is C21H19F2N5O2S. The summed E-state index contributed by atoms with van der Waals surface area (Å²) in [6, 6.07) is 2.31. The molecular weight excluding hydrogens is 424 g/mol. The maximum Gasteiger partial charge on any atom is 0.276 e. The summed E-state index contributed by atoms with van der Waals surface area (Å²) in [6.45, 7) is 3.33. The summed E-state index contributed by atoms with van der Waals surface area (Å²) in [5.41, 5.74) is 5.35. The summed E-state index contributed by atoms with van der Waals surface area (Å²) in [5, 5.41) is 3.13. The third kappa shape index (κ3) is 3.93. The van der Waals surface area contributed by atoms with Crippen molar-refractivity contribution in [3.8, 4) is 18.2 Å². The van der Waals surface area contributed by atoms with Crippen molar-refractivity contribution in [2.45, 2.75) is 31.1 Å². The number of halogens is 2. The van der Waals surface area contributed by atoms with Crippen molar-refractivity contribution in [3.05, 3.63) is 46.9 Å². The normalized spacial score (nSPS) is 23.9. The van der Waals surface area contributed by atoms with Crippen molar-refractivity contribution in [1.82, 2.24) is 9.97 Å². The van der Waals surface area contributed by atoms with E-state index in [0.717, 1.165) is 12.5 Å². The fraction of sp³-hybridized carbons (Fsp3) is 0.333. The first kappa shape index (κ1) is 21.1. The molecule has 3 atom stereocenters. The van der Waals surface area contributed by atoms with Gasteiger partial charge in [0, 0.05) is 28.5 Å². The molecule has 2 heterocycles. The number of benzene rings is 1. The molecule has 1 aliphatic carbocycles. The highest BCUT2D eigenvalue weighted by atomic mass is 32.2. The third-order valence-corrected chi connectivity index (χ3v) is 6.50. The van der Waals surface area contributed by atoms with E-state index in [0.29, 0.717) is 10.9 Å². The molecule has 0 spiro atoms. The van der Waals surface area contributed by atoms with Gasteiger partial charge in [-0.1, -0.05) is 17.7 Å². The standard InChI is InChI=1S/C21H19F2N5O2S/c1-4-5-30-16-9-25-18(10(2)26-16)19(29)27-11-6-13(17(23)14(22)7-11)21(3)12-8-15(12)31-20(24)28-21/h1,6-7,9,12,15H,5,8H2,2-3H3,(H2,24,28)(H,27,29)/t12-,15?,21+/m1/s1. The minimum atomic E-state index is -1.08. The monoisotopic (exact) mass is 443 g/mol. The SMILES string of the molecule is C#CCOc1cnc(C(=O)Nc2cc(F)c(F)c([C@@]3(C)N=C(N)SC4C[C@H]43)c2)c(C)n1. The summed E-state index contributed by atoms with van der Waals surface area (Å²) in [7, 11) is 0. The van der Waals surface area contributed by atoms with Gasteiger partial charge in [-0.3, -0.25) is 9.79 Å². The Hall–Kier alpha value is -3.19. The molecule has 10 heteroatoms. The lowest BCUT2D eigenvalue weighted by atomic mass is 9.86. The van der Waals surface area contributed by atoms with Crippen LogP contribution in [0.3, 0.4) is 0 Å². The molecule has 0 radical (unpaired) electrons. The van der Waals surface area contributed by atoms with Gasteiger partial charge in [-0.05, 0) is 26.3 Å². The van der Waals surface area contributed by atoms with Crippen LogP contribution in [0.25, 0.3) is 0 Å². The zero-order valence-electron chi connectivity index (χ0n) is 16.8. The van der Waals surface area contributed by atoms with Gasteiger partial charge in [0.05, 0.1) is 17.4 Å². The smallest absolute Gasteiger partial charge is 0.276 e. The topological polar surface area (TPSA) is 102 Å². The van der Waals surface area contributed by atoms with Crippen molar-refractivity contribution in [2.24, 2.45) is 16.6 Å². The van der Waals surface area contributed by atoms with Crippen LogP contribution < -0.4 is 15.8 Å². The van der Waals surface area contributed by atoms with Crippen molar-refractivity contribution >= 4 is 28.5 Å². The Balaban J connectivity index is 1.62. The van der Waals surface area contributed by atoms with Crippen LogP contribution in [0.1, 0.15) is 35.1 Å². The molecule has 160 valence electrons. The molecule has 1 amide bonds. The second-order valence-corrected chi connectivity index (χ2v) is 8.76. The number of carbonyl (C=O) groups excluding carboxylic acids is 1. The molecule has 1 fully saturated rings. The van der Waals surface area contributed by atoms with Gasteiger partial charge in [0.1, 0.15) is 5.69 Å². The lowest BCUT2D eigenvalue weighted by molar-refractivity contribution is 0.102. The van der Waals surface area contributed by atoms with E-state index < -0.39 is 23.1 Å². The Bertz CT molecular complexity index is 1150. The first-order valence-electron chi connectivity index (χ1n) is 9.45. The van der Waals surface area contributed by atoms with E-state index in [1.807, 2.05) is 0 Å². The van der Waals surface area contributed by atoms with Gasteiger partial charge >= 0.3 is 0 Å². The van der Waals surface area contributed by atoms with E-state index >= 15 is 0 Å². The van der Waals surface area contributed by atoms with Gasteiger partial charge in [-0.15, -0.1) is 6.42 Å². The number of hydrogen-bond acceptors (Lipinski definition) is 7. The molecule has 2 aliphatic rings. The summed E-state index contributed by atoms with van der Waals surface area (Å²) in [6.07, 6.45) is 7.21. The first-order chi connectivity index (χ1) is 14.7. The van der Waals surface area contributed by atoms with Crippen LogP contribution in [0.15, 0.2) is 23.3 Å². The minimum Gasteiger partial charge on any atom is -0.463 e. The van der Waals surface area contributed by atoms with Crippen LogP contribution >= 0.6 is 11.8 Å².